The standard InChI is InChI=1S/C14H7Cl5O/c1-6-4-7(15)2-3-8(6)14(20)11-9(16)5-10(17)12(18)13(11)19/h2-5H,1H3. The van der Waals surface area contributed by atoms with Gasteiger partial charge in [0.05, 0.1) is 25.7 Å². The SMILES string of the molecule is Cc1cc(Cl)ccc1C(=O)c1c(Cl)cc(Cl)c(Cl)c1Cl. The summed E-state index contributed by atoms with van der Waals surface area (Å²) in [4.78, 5) is 12.6. The lowest BCUT2D eigenvalue weighted by Gasteiger charge is -2.11. The van der Waals surface area contributed by atoms with Crippen LogP contribution in [-0.4, -0.2) is 5.78 Å². The van der Waals surface area contributed by atoms with Crippen LogP contribution in [0.5, 0.6) is 0 Å². The Bertz CT molecular complexity index is 709. The zero-order valence-electron chi connectivity index (χ0n) is 10.1. The van der Waals surface area contributed by atoms with E-state index in [1.165, 1.54) is 6.07 Å². The lowest BCUT2D eigenvalue weighted by Crippen LogP contribution is -2.06. The second-order valence-electron chi connectivity index (χ2n) is 4.13. The van der Waals surface area contributed by atoms with E-state index >= 15 is 0 Å². The van der Waals surface area contributed by atoms with E-state index in [2.05, 4.69) is 0 Å². The first-order chi connectivity index (χ1) is 9.32. The number of carbonyl (C=O) groups is 1. The van der Waals surface area contributed by atoms with Crippen molar-refractivity contribution in [2.24, 2.45) is 0 Å². The van der Waals surface area contributed by atoms with Gasteiger partial charge in [-0.3, -0.25) is 4.79 Å². The molecule has 0 aliphatic carbocycles. The summed E-state index contributed by atoms with van der Waals surface area (Å²) >= 11 is 29.8. The molecule has 2 aromatic carbocycles. The lowest BCUT2D eigenvalue weighted by molar-refractivity contribution is 0.103. The maximum atomic E-state index is 12.6. The highest BCUT2D eigenvalue weighted by atomic mass is 35.5. The number of hydrogen-bond acceptors (Lipinski definition) is 1. The molecule has 0 aromatic heterocycles. The van der Waals surface area contributed by atoms with Crippen molar-refractivity contribution in [3.05, 3.63) is 66.1 Å². The smallest absolute Gasteiger partial charge is 0.196 e. The van der Waals surface area contributed by atoms with Gasteiger partial charge in [-0.15, -0.1) is 0 Å². The Morgan fingerprint density at radius 2 is 1.55 bits per heavy atom. The summed E-state index contributed by atoms with van der Waals surface area (Å²) in [6.45, 7) is 1.78. The fourth-order valence-corrected chi connectivity index (χ4v) is 3.10. The molecule has 2 rings (SSSR count). The van der Waals surface area contributed by atoms with Gasteiger partial charge in [-0.25, -0.2) is 0 Å². The Morgan fingerprint density at radius 1 is 0.900 bits per heavy atom. The number of rotatable bonds is 2. The van der Waals surface area contributed by atoms with Gasteiger partial charge in [-0.2, -0.15) is 0 Å². The molecule has 0 bridgehead atoms. The highest BCUT2D eigenvalue weighted by molar-refractivity contribution is 6.51. The minimum atomic E-state index is -0.326. The van der Waals surface area contributed by atoms with Gasteiger partial charge in [0.1, 0.15) is 0 Å². The summed E-state index contributed by atoms with van der Waals surface area (Å²) < 4.78 is 0. The van der Waals surface area contributed by atoms with Gasteiger partial charge in [0.2, 0.25) is 0 Å². The van der Waals surface area contributed by atoms with Crippen LogP contribution in [0.25, 0.3) is 0 Å². The van der Waals surface area contributed by atoms with E-state index in [4.69, 9.17) is 58.0 Å². The number of carbonyl (C=O) groups excluding carboxylic acids is 1. The maximum Gasteiger partial charge on any atom is 0.196 e. The molecule has 0 aliphatic heterocycles. The zero-order chi connectivity index (χ0) is 15.0. The minimum Gasteiger partial charge on any atom is -0.288 e. The Labute approximate surface area is 141 Å². The van der Waals surface area contributed by atoms with Crippen molar-refractivity contribution in [2.75, 3.05) is 0 Å². The number of halogens is 5. The summed E-state index contributed by atoms with van der Waals surface area (Å²) in [5.74, 6) is -0.326. The van der Waals surface area contributed by atoms with Crippen molar-refractivity contribution in [1.82, 2.24) is 0 Å². The minimum absolute atomic E-state index is 0.0449. The van der Waals surface area contributed by atoms with Crippen LogP contribution in [-0.2, 0) is 0 Å². The summed E-state index contributed by atoms with van der Waals surface area (Å²) in [5, 5.41) is 1.05. The summed E-state index contributed by atoms with van der Waals surface area (Å²) in [5.41, 5.74) is 1.31. The quantitative estimate of drug-likeness (QED) is 0.336. The molecule has 6 heteroatoms. The molecular formula is C14H7Cl5O. The lowest BCUT2D eigenvalue weighted by atomic mass is 9.99. The molecule has 2 aromatic rings. The van der Waals surface area contributed by atoms with Crippen LogP contribution in [0.4, 0.5) is 0 Å². The third-order valence-electron chi connectivity index (χ3n) is 2.77. The molecule has 1 nitrogen and oxygen atoms in total. The first-order valence-corrected chi connectivity index (χ1v) is 7.35. The van der Waals surface area contributed by atoms with Crippen molar-refractivity contribution in [2.45, 2.75) is 6.92 Å². The predicted molar refractivity (Wildman–Crippen MR) is 86.1 cm³/mol. The third kappa shape index (κ3) is 2.93. The molecule has 0 fully saturated rings. The Morgan fingerprint density at radius 3 is 2.15 bits per heavy atom. The first kappa shape index (κ1) is 15.9. The van der Waals surface area contributed by atoms with E-state index in [1.807, 2.05) is 0 Å². The largest absolute Gasteiger partial charge is 0.288 e. The van der Waals surface area contributed by atoms with Crippen molar-refractivity contribution < 1.29 is 4.79 Å². The molecule has 0 aliphatic rings. The molecule has 0 amide bonds. The zero-order valence-corrected chi connectivity index (χ0v) is 13.9. The van der Waals surface area contributed by atoms with Gasteiger partial charge in [0, 0.05) is 10.6 Å². The van der Waals surface area contributed by atoms with E-state index in [0.717, 1.165) is 5.56 Å². The Balaban J connectivity index is 2.63. The van der Waals surface area contributed by atoms with Crippen molar-refractivity contribution >= 4 is 63.8 Å². The van der Waals surface area contributed by atoms with Gasteiger partial charge in [-0.1, -0.05) is 58.0 Å². The molecule has 0 unspecified atom stereocenters. The average Bonchev–Trinajstić information content (AvgIpc) is 2.36. The molecule has 20 heavy (non-hydrogen) atoms. The second-order valence-corrected chi connectivity index (χ2v) is 6.14. The van der Waals surface area contributed by atoms with E-state index in [9.17, 15) is 4.79 Å². The van der Waals surface area contributed by atoms with Crippen LogP contribution < -0.4 is 0 Å². The molecule has 0 atom stereocenters. The molecule has 0 radical (unpaired) electrons. The predicted octanol–water partition coefficient (Wildman–Crippen LogP) is 6.49. The van der Waals surface area contributed by atoms with Gasteiger partial charge in [0.15, 0.2) is 5.78 Å². The topological polar surface area (TPSA) is 17.1 Å². The van der Waals surface area contributed by atoms with Gasteiger partial charge in [0.25, 0.3) is 0 Å². The van der Waals surface area contributed by atoms with E-state index in [0.29, 0.717) is 10.6 Å². The molecule has 0 spiro atoms. The number of aryl methyl sites for hydroxylation is 1. The highest BCUT2D eigenvalue weighted by Gasteiger charge is 2.22. The van der Waals surface area contributed by atoms with Gasteiger partial charge in [-0.05, 0) is 36.8 Å². The fraction of sp³-hybridized carbons (Fsp3) is 0.0714. The van der Waals surface area contributed by atoms with Crippen LogP contribution in [0.3, 0.4) is 0 Å². The molecule has 0 N–H and O–H groups in total. The summed E-state index contributed by atoms with van der Waals surface area (Å²) in [6, 6.07) is 6.33. The van der Waals surface area contributed by atoms with E-state index in [1.54, 1.807) is 25.1 Å². The fourth-order valence-electron chi connectivity index (χ4n) is 1.79. The van der Waals surface area contributed by atoms with Crippen LogP contribution in [0.1, 0.15) is 21.5 Å². The number of hydrogen-bond donors (Lipinski definition) is 0. The van der Waals surface area contributed by atoms with Crippen LogP contribution in [0.2, 0.25) is 25.1 Å². The van der Waals surface area contributed by atoms with Crippen LogP contribution in [0.15, 0.2) is 24.3 Å². The highest BCUT2D eigenvalue weighted by Crippen LogP contribution is 2.38. The molecule has 0 saturated heterocycles. The van der Waals surface area contributed by atoms with Crippen molar-refractivity contribution in [3.63, 3.8) is 0 Å². The third-order valence-corrected chi connectivity index (χ3v) is 4.57. The first-order valence-electron chi connectivity index (χ1n) is 5.46. The normalized spacial score (nSPS) is 10.7. The molecule has 0 saturated carbocycles. The molecular weight excluding hydrogens is 361 g/mol. The summed E-state index contributed by atoms with van der Waals surface area (Å²) in [6.07, 6.45) is 0. The monoisotopic (exact) mass is 366 g/mol. The number of ketones is 1. The van der Waals surface area contributed by atoms with E-state index < -0.39 is 0 Å². The van der Waals surface area contributed by atoms with Crippen LogP contribution in [0, 0.1) is 6.92 Å². The second kappa shape index (κ2) is 6.13. The van der Waals surface area contributed by atoms with Crippen molar-refractivity contribution in [1.29, 1.82) is 0 Å². The maximum absolute atomic E-state index is 12.6. The van der Waals surface area contributed by atoms with Crippen molar-refractivity contribution in [3.8, 4) is 0 Å². The van der Waals surface area contributed by atoms with Gasteiger partial charge >= 0.3 is 0 Å². The Hall–Kier alpha value is -0.440. The molecule has 104 valence electrons. The molecule has 0 heterocycles. The van der Waals surface area contributed by atoms with Crippen LogP contribution >= 0.6 is 58.0 Å². The Kier molecular flexibility index (Phi) is 4.88. The summed E-state index contributed by atoms with van der Waals surface area (Å²) in [7, 11) is 0. The van der Waals surface area contributed by atoms with E-state index in [-0.39, 0.29) is 31.4 Å². The average molecular weight is 368 g/mol. The number of benzene rings is 2. The van der Waals surface area contributed by atoms with Gasteiger partial charge < -0.3 is 0 Å².